The van der Waals surface area contributed by atoms with Crippen LogP contribution in [0.25, 0.3) is 17.0 Å². The van der Waals surface area contributed by atoms with Gasteiger partial charge < -0.3 is 4.42 Å². The third-order valence-electron chi connectivity index (χ3n) is 4.06. The van der Waals surface area contributed by atoms with Crippen LogP contribution in [0.4, 0.5) is 0 Å². The van der Waals surface area contributed by atoms with Gasteiger partial charge in [0.15, 0.2) is 0 Å². The van der Waals surface area contributed by atoms with Crippen molar-refractivity contribution in [2.45, 2.75) is 32.1 Å². The summed E-state index contributed by atoms with van der Waals surface area (Å²) in [6.07, 6.45) is 8.75. The number of fused-ring (bicyclic) bond motifs is 1. The standard InChI is InChI=1S/C17H19ClO/c18-12-15(13-6-2-1-3-7-13)11-16-10-14-8-4-5-9-17(14)19-16/h4-5,8-11,13H,1-3,6-7,12H2. The highest BCUT2D eigenvalue weighted by Crippen LogP contribution is 2.32. The van der Waals surface area contributed by atoms with E-state index in [0.717, 1.165) is 16.7 Å². The molecule has 1 saturated carbocycles. The summed E-state index contributed by atoms with van der Waals surface area (Å²) in [5, 5.41) is 1.16. The summed E-state index contributed by atoms with van der Waals surface area (Å²) in [7, 11) is 0. The van der Waals surface area contributed by atoms with Gasteiger partial charge in [-0.05, 0) is 42.5 Å². The molecular weight excluding hydrogens is 256 g/mol. The molecule has 1 nitrogen and oxygen atoms in total. The molecule has 0 amide bonds. The molecule has 19 heavy (non-hydrogen) atoms. The lowest BCUT2D eigenvalue weighted by Gasteiger charge is -2.23. The number of halogens is 1. The van der Waals surface area contributed by atoms with Crippen LogP contribution in [0.15, 0.2) is 40.3 Å². The highest BCUT2D eigenvalue weighted by molar-refractivity contribution is 6.19. The molecule has 0 bridgehead atoms. The van der Waals surface area contributed by atoms with E-state index < -0.39 is 0 Å². The van der Waals surface area contributed by atoms with E-state index in [2.05, 4.69) is 18.2 Å². The average Bonchev–Trinajstić information content (AvgIpc) is 2.88. The van der Waals surface area contributed by atoms with Crippen molar-refractivity contribution in [3.05, 3.63) is 41.7 Å². The van der Waals surface area contributed by atoms with E-state index in [1.54, 1.807) is 0 Å². The zero-order valence-electron chi connectivity index (χ0n) is 11.1. The fourth-order valence-corrected chi connectivity index (χ4v) is 3.29. The molecule has 1 aliphatic carbocycles. The highest BCUT2D eigenvalue weighted by atomic mass is 35.5. The minimum Gasteiger partial charge on any atom is -0.457 e. The molecular formula is C17H19ClO. The van der Waals surface area contributed by atoms with E-state index in [4.69, 9.17) is 16.0 Å². The van der Waals surface area contributed by atoms with Crippen molar-refractivity contribution in [3.63, 3.8) is 0 Å². The molecule has 1 heterocycles. The van der Waals surface area contributed by atoms with Gasteiger partial charge in [0.1, 0.15) is 11.3 Å². The van der Waals surface area contributed by atoms with Gasteiger partial charge in [-0.15, -0.1) is 11.6 Å². The number of alkyl halides is 1. The first kappa shape index (κ1) is 12.8. The molecule has 0 unspecified atom stereocenters. The normalized spacial score (nSPS) is 18.1. The van der Waals surface area contributed by atoms with E-state index in [9.17, 15) is 0 Å². The van der Waals surface area contributed by atoms with Crippen molar-refractivity contribution < 1.29 is 4.42 Å². The summed E-state index contributed by atoms with van der Waals surface area (Å²) in [5.41, 5.74) is 2.28. The number of hydrogen-bond donors (Lipinski definition) is 0. The number of rotatable bonds is 3. The Morgan fingerprint density at radius 1 is 1.21 bits per heavy atom. The molecule has 0 saturated heterocycles. The van der Waals surface area contributed by atoms with E-state index in [0.29, 0.717) is 11.8 Å². The van der Waals surface area contributed by atoms with Crippen LogP contribution in [-0.2, 0) is 0 Å². The Hall–Kier alpha value is -1.21. The Morgan fingerprint density at radius 3 is 2.74 bits per heavy atom. The van der Waals surface area contributed by atoms with Gasteiger partial charge in [-0.2, -0.15) is 0 Å². The van der Waals surface area contributed by atoms with Gasteiger partial charge in [0.2, 0.25) is 0 Å². The lowest BCUT2D eigenvalue weighted by Crippen LogP contribution is -2.10. The molecule has 2 aromatic rings. The fourth-order valence-electron chi connectivity index (χ4n) is 3.00. The zero-order chi connectivity index (χ0) is 13.1. The summed E-state index contributed by atoms with van der Waals surface area (Å²) in [4.78, 5) is 0. The number of furan rings is 1. The molecule has 0 radical (unpaired) electrons. The Bertz CT molecular complexity index is 543. The molecule has 1 fully saturated rings. The van der Waals surface area contributed by atoms with Gasteiger partial charge in [-0.25, -0.2) is 0 Å². The average molecular weight is 275 g/mol. The van der Waals surface area contributed by atoms with Crippen molar-refractivity contribution >= 4 is 28.6 Å². The second-order valence-corrected chi connectivity index (χ2v) is 5.64. The predicted octanol–water partition coefficient (Wildman–Crippen LogP) is 5.64. The zero-order valence-corrected chi connectivity index (χ0v) is 11.8. The van der Waals surface area contributed by atoms with Crippen molar-refractivity contribution in [1.82, 2.24) is 0 Å². The summed E-state index contributed by atoms with van der Waals surface area (Å²) >= 11 is 6.14. The van der Waals surface area contributed by atoms with Crippen LogP contribution < -0.4 is 0 Å². The van der Waals surface area contributed by atoms with Gasteiger partial charge >= 0.3 is 0 Å². The number of para-hydroxylation sites is 1. The lowest BCUT2D eigenvalue weighted by molar-refractivity contribution is 0.404. The van der Waals surface area contributed by atoms with Crippen LogP contribution in [-0.4, -0.2) is 5.88 Å². The molecule has 0 aliphatic heterocycles. The maximum Gasteiger partial charge on any atom is 0.134 e. The van der Waals surface area contributed by atoms with Crippen LogP contribution in [0.3, 0.4) is 0 Å². The minimum absolute atomic E-state index is 0.613. The van der Waals surface area contributed by atoms with E-state index in [1.807, 2.05) is 18.2 Å². The fraction of sp³-hybridized carbons (Fsp3) is 0.412. The summed E-state index contributed by atoms with van der Waals surface area (Å²) in [5.74, 6) is 2.20. The Morgan fingerprint density at radius 2 is 2.00 bits per heavy atom. The second kappa shape index (κ2) is 5.83. The molecule has 1 aliphatic rings. The molecule has 2 heteroatoms. The molecule has 0 spiro atoms. The second-order valence-electron chi connectivity index (χ2n) is 5.37. The predicted molar refractivity (Wildman–Crippen MR) is 81.5 cm³/mol. The first-order chi connectivity index (χ1) is 9.36. The topological polar surface area (TPSA) is 13.1 Å². The maximum absolute atomic E-state index is 6.14. The molecule has 100 valence electrons. The van der Waals surface area contributed by atoms with Gasteiger partial charge in [0, 0.05) is 11.3 Å². The number of benzene rings is 1. The smallest absolute Gasteiger partial charge is 0.134 e. The van der Waals surface area contributed by atoms with Gasteiger partial charge in [-0.1, -0.05) is 37.5 Å². The van der Waals surface area contributed by atoms with Crippen molar-refractivity contribution in [1.29, 1.82) is 0 Å². The van der Waals surface area contributed by atoms with Crippen LogP contribution in [0.5, 0.6) is 0 Å². The Labute approximate surface area is 119 Å². The summed E-state index contributed by atoms with van der Waals surface area (Å²) in [6, 6.07) is 10.2. The largest absolute Gasteiger partial charge is 0.457 e. The Balaban J connectivity index is 1.88. The molecule has 0 atom stereocenters. The first-order valence-corrected chi connectivity index (χ1v) is 7.65. The number of allylic oxidation sites excluding steroid dienone is 1. The SMILES string of the molecule is ClCC(=Cc1cc2ccccc2o1)C1CCCCC1. The quantitative estimate of drug-likeness (QED) is 0.661. The number of hydrogen-bond acceptors (Lipinski definition) is 1. The third kappa shape index (κ3) is 2.87. The lowest BCUT2D eigenvalue weighted by atomic mass is 9.84. The van der Waals surface area contributed by atoms with Gasteiger partial charge in [0.25, 0.3) is 0 Å². The molecule has 1 aromatic carbocycles. The van der Waals surface area contributed by atoms with Crippen LogP contribution >= 0.6 is 11.6 Å². The molecule has 0 N–H and O–H groups in total. The van der Waals surface area contributed by atoms with Gasteiger partial charge in [-0.3, -0.25) is 0 Å². The van der Waals surface area contributed by atoms with Crippen molar-refractivity contribution in [2.24, 2.45) is 5.92 Å². The van der Waals surface area contributed by atoms with Gasteiger partial charge in [0.05, 0.1) is 0 Å². The van der Waals surface area contributed by atoms with E-state index in [-0.39, 0.29) is 0 Å². The van der Waals surface area contributed by atoms with Crippen molar-refractivity contribution in [3.8, 4) is 0 Å². The minimum atomic E-state index is 0.613. The maximum atomic E-state index is 6.14. The highest BCUT2D eigenvalue weighted by Gasteiger charge is 2.17. The van der Waals surface area contributed by atoms with Crippen LogP contribution in [0.2, 0.25) is 0 Å². The molecule has 1 aromatic heterocycles. The van der Waals surface area contributed by atoms with Crippen molar-refractivity contribution in [2.75, 3.05) is 5.88 Å². The Kier molecular flexibility index (Phi) is 3.93. The summed E-state index contributed by atoms with van der Waals surface area (Å²) in [6.45, 7) is 0. The van der Waals surface area contributed by atoms with Crippen LogP contribution in [0, 0.1) is 5.92 Å². The summed E-state index contributed by atoms with van der Waals surface area (Å²) < 4.78 is 5.86. The van der Waals surface area contributed by atoms with Crippen LogP contribution in [0.1, 0.15) is 37.9 Å². The van der Waals surface area contributed by atoms with E-state index in [1.165, 1.54) is 37.7 Å². The third-order valence-corrected chi connectivity index (χ3v) is 4.36. The molecule has 3 rings (SSSR count). The monoisotopic (exact) mass is 274 g/mol. The van der Waals surface area contributed by atoms with E-state index >= 15 is 0 Å². The first-order valence-electron chi connectivity index (χ1n) is 7.12.